The summed E-state index contributed by atoms with van der Waals surface area (Å²) < 4.78 is 4.23. The fourth-order valence-corrected chi connectivity index (χ4v) is 3.87. The summed E-state index contributed by atoms with van der Waals surface area (Å²) in [7, 11) is 0. The smallest absolute Gasteiger partial charge is 0.225 e. The molecular formula is C14H23N5OS. The van der Waals surface area contributed by atoms with Crippen molar-refractivity contribution < 1.29 is 4.79 Å². The van der Waals surface area contributed by atoms with Crippen LogP contribution in [-0.4, -0.2) is 58.9 Å². The SMILES string of the molecule is Cc1nsc(N2CCN(C(=O)[C@H]3CCN[C@@H](C)C3)CC2)n1. The number of carbonyl (C=O) groups excluding carboxylic acids is 1. The Morgan fingerprint density at radius 1 is 1.33 bits per heavy atom. The molecule has 0 bridgehead atoms. The third-order valence-corrected chi connectivity index (χ3v) is 5.22. The molecule has 1 aromatic rings. The highest BCUT2D eigenvalue weighted by Crippen LogP contribution is 2.22. The maximum Gasteiger partial charge on any atom is 0.225 e. The molecule has 0 saturated carbocycles. The van der Waals surface area contributed by atoms with Crippen molar-refractivity contribution in [2.75, 3.05) is 37.6 Å². The van der Waals surface area contributed by atoms with Crippen LogP contribution in [0, 0.1) is 12.8 Å². The molecule has 21 heavy (non-hydrogen) atoms. The average Bonchev–Trinajstić information content (AvgIpc) is 2.93. The number of hydrogen-bond donors (Lipinski definition) is 1. The van der Waals surface area contributed by atoms with Crippen LogP contribution in [0.15, 0.2) is 0 Å². The van der Waals surface area contributed by atoms with Gasteiger partial charge in [-0.2, -0.15) is 4.37 Å². The van der Waals surface area contributed by atoms with Gasteiger partial charge in [-0.1, -0.05) is 0 Å². The van der Waals surface area contributed by atoms with E-state index in [4.69, 9.17) is 0 Å². The molecule has 2 aliphatic rings. The number of carbonyl (C=O) groups is 1. The van der Waals surface area contributed by atoms with Gasteiger partial charge in [0.25, 0.3) is 0 Å². The normalized spacial score (nSPS) is 27.0. The third-order valence-electron chi connectivity index (χ3n) is 4.35. The van der Waals surface area contributed by atoms with Crippen LogP contribution in [-0.2, 0) is 4.79 Å². The van der Waals surface area contributed by atoms with E-state index in [0.717, 1.165) is 56.5 Å². The maximum absolute atomic E-state index is 12.6. The molecular weight excluding hydrogens is 286 g/mol. The zero-order valence-corrected chi connectivity index (χ0v) is 13.5. The van der Waals surface area contributed by atoms with Gasteiger partial charge in [-0.25, -0.2) is 4.98 Å². The minimum Gasteiger partial charge on any atom is -0.343 e. The Kier molecular flexibility index (Phi) is 4.40. The highest BCUT2D eigenvalue weighted by Gasteiger charge is 2.30. The summed E-state index contributed by atoms with van der Waals surface area (Å²) in [5.74, 6) is 1.38. The predicted molar refractivity (Wildman–Crippen MR) is 83.6 cm³/mol. The van der Waals surface area contributed by atoms with Gasteiger partial charge in [0.15, 0.2) is 0 Å². The van der Waals surface area contributed by atoms with Gasteiger partial charge in [0.1, 0.15) is 5.82 Å². The van der Waals surface area contributed by atoms with Crippen molar-refractivity contribution in [3.8, 4) is 0 Å². The first kappa shape index (κ1) is 14.7. The van der Waals surface area contributed by atoms with Crippen molar-refractivity contribution >= 4 is 22.6 Å². The molecule has 2 aliphatic heterocycles. The molecule has 1 aromatic heterocycles. The van der Waals surface area contributed by atoms with Crippen LogP contribution < -0.4 is 10.2 Å². The monoisotopic (exact) mass is 309 g/mol. The van der Waals surface area contributed by atoms with Gasteiger partial charge in [0.05, 0.1) is 0 Å². The second-order valence-corrected chi connectivity index (χ2v) is 6.74. The minimum atomic E-state index is 0.205. The van der Waals surface area contributed by atoms with Gasteiger partial charge >= 0.3 is 0 Å². The van der Waals surface area contributed by atoms with Crippen LogP contribution >= 0.6 is 11.5 Å². The Hall–Kier alpha value is -1.21. The molecule has 2 atom stereocenters. The molecule has 2 fully saturated rings. The van der Waals surface area contributed by atoms with Crippen LogP contribution in [0.2, 0.25) is 0 Å². The number of piperazine rings is 1. The second-order valence-electron chi connectivity index (χ2n) is 6.01. The van der Waals surface area contributed by atoms with E-state index in [9.17, 15) is 4.79 Å². The van der Waals surface area contributed by atoms with E-state index in [1.807, 2.05) is 11.8 Å². The van der Waals surface area contributed by atoms with E-state index in [-0.39, 0.29) is 5.92 Å². The van der Waals surface area contributed by atoms with Crippen LogP contribution in [0.3, 0.4) is 0 Å². The van der Waals surface area contributed by atoms with Crippen molar-refractivity contribution in [3.05, 3.63) is 5.82 Å². The van der Waals surface area contributed by atoms with Gasteiger partial charge in [0.2, 0.25) is 11.0 Å². The maximum atomic E-state index is 12.6. The van der Waals surface area contributed by atoms with Gasteiger partial charge in [-0.15, -0.1) is 0 Å². The lowest BCUT2D eigenvalue weighted by Crippen LogP contribution is -2.52. The molecule has 3 heterocycles. The molecule has 7 heteroatoms. The van der Waals surface area contributed by atoms with E-state index < -0.39 is 0 Å². The zero-order chi connectivity index (χ0) is 14.8. The van der Waals surface area contributed by atoms with E-state index >= 15 is 0 Å². The van der Waals surface area contributed by atoms with Crippen LogP contribution in [0.4, 0.5) is 5.13 Å². The van der Waals surface area contributed by atoms with E-state index in [2.05, 4.69) is 26.5 Å². The van der Waals surface area contributed by atoms with Crippen LogP contribution in [0.25, 0.3) is 0 Å². The number of piperidine rings is 1. The molecule has 0 spiro atoms. The van der Waals surface area contributed by atoms with Gasteiger partial charge in [-0.05, 0) is 33.2 Å². The number of amides is 1. The highest BCUT2D eigenvalue weighted by atomic mass is 32.1. The van der Waals surface area contributed by atoms with E-state index in [0.29, 0.717) is 11.9 Å². The van der Waals surface area contributed by atoms with Crippen molar-refractivity contribution in [1.82, 2.24) is 19.6 Å². The molecule has 0 aromatic carbocycles. The van der Waals surface area contributed by atoms with E-state index in [1.165, 1.54) is 11.5 Å². The van der Waals surface area contributed by atoms with Crippen molar-refractivity contribution in [2.45, 2.75) is 32.7 Å². The molecule has 116 valence electrons. The number of aryl methyl sites for hydroxylation is 1. The van der Waals surface area contributed by atoms with Crippen LogP contribution in [0.5, 0.6) is 0 Å². The summed E-state index contributed by atoms with van der Waals surface area (Å²) in [5, 5.41) is 4.39. The summed E-state index contributed by atoms with van der Waals surface area (Å²) in [6.07, 6.45) is 1.94. The Labute approximate surface area is 129 Å². The van der Waals surface area contributed by atoms with Crippen molar-refractivity contribution in [3.63, 3.8) is 0 Å². The first-order valence-electron chi connectivity index (χ1n) is 7.71. The Morgan fingerprint density at radius 3 is 2.71 bits per heavy atom. The van der Waals surface area contributed by atoms with Crippen molar-refractivity contribution in [2.24, 2.45) is 5.92 Å². The summed E-state index contributed by atoms with van der Waals surface area (Å²) in [6, 6.07) is 0.457. The average molecular weight is 309 g/mol. The zero-order valence-electron chi connectivity index (χ0n) is 12.7. The van der Waals surface area contributed by atoms with Gasteiger partial charge in [-0.3, -0.25) is 4.79 Å². The molecule has 0 radical (unpaired) electrons. The van der Waals surface area contributed by atoms with Gasteiger partial charge in [0, 0.05) is 49.7 Å². The minimum absolute atomic E-state index is 0.205. The largest absolute Gasteiger partial charge is 0.343 e. The lowest BCUT2D eigenvalue weighted by molar-refractivity contribution is -0.137. The first-order valence-corrected chi connectivity index (χ1v) is 8.48. The molecule has 3 rings (SSSR count). The lowest BCUT2D eigenvalue weighted by atomic mass is 9.92. The Balaban J connectivity index is 1.54. The third kappa shape index (κ3) is 3.35. The first-order chi connectivity index (χ1) is 10.1. The molecule has 2 saturated heterocycles. The topological polar surface area (TPSA) is 61.4 Å². The van der Waals surface area contributed by atoms with Crippen LogP contribution in [0.1, 0.15) is 25.6 Å². The standard InChI is InChI=1S/C14H23N5OS/c1-10-9-12(3-4-15-10)13(20)18-5-7-19(8-6-18)14-16-11(2)17-21-14/h10,12,15H,3-9H2,1-2H3/t10-,12-/m0/s1. The Morgan fingerprint density at radius 2 is 2.10 bits per heavy atom. The summed E-state index contributed by atoms with van der Waals surface area (Å²) in [5.41, 5.74) is 0. The predicted octanol–water partition coefficient (Wildman–Crippen LogP) is 0.883. The molecule has 0 unspecified atom stereocenters. The quantitative estimate of drug-likeness (QED) is 0.879. The van der Waals surface area contributed by atoms with Crippen molar-refractivity contribution in [1.29, 1.82) is 0 Å². The second kappa shape index (κ2) is 6.27. The highest BCUT2D eigenvalue weighted by molar-refractivity contribution is 7.09. The molecule has 1 N–H and O–H groups in total. The molecule has 0 aliphatic carbocycles. The number of nitrogens with one attached hydrogen (secondary N) is 1. The summed E-state index contributed by atoms with van der Waals surface area (Å²) in [4.78, 5) is 21.3. The summed E-state index contributed by atoms with van der Waals surface area (Å²) in [6.45, 7) is 8.36. The number of aromatic nitrogens is 2. The lowest BCUT2D eigenvalue weighted by Gasteiger charge is -2.37. The molecule has 1 amide bonds. The Bertz CT molecular complexity index is 497. The number of hydrogen-bond acceptors (Lipinski definition) is 6. The molecule has 6 nitrogen and oxygen atoms in total. The summed E-state index contributed by atoms with van der Waals surface area (Å²) >= 11 is 1.45. The van der Waals surface area contributed by atoms with Gasteiger partial charge < -0.3 is 15.1 Å². The number of nitrogens with zero attached hydrogens (tertiary/aromatic N) is 4. The fraction of sp³-hybridized carbons (Fsp3) is 0.786. The number of rotatable bonds is 2. The van der Waals surface area contributed by atoms with E-state index in [1.54, 1.807) is 0 Å². The number of anilines is 1. The fourth-order valence-electron chi connectivity index (χ4n) is 3.15.